The van der Waals surface area contributed by atoms with Crippen molar-refractivity contribution in [1.82, 2.24) is 4.98 Å². The highest BCUT2D eigenvalue weighted by Crippen LogP contribution is 2.20. The summed E-state index contributed by atoms with van der Waals surface area (Å²) in [6.07, 6.45) is 0. The monoisotopic (exact) mass is 309 g/mol. The Bertz CT molecular complexity index is 904. The quantitative estimate of drug-likeness (QED) is 0.774. The van der Waals surface area contributed by atoms with Crippen molar-refractivity contribution in [3.8, 4) is 0 Å². The molecule has 6 nitrogen and oxygen atoms in total. The molecule has 0 atom stereocenters. The number of amides is 1. The van der Waals surface area contributed by atoms with Crippen LogP contribution in [0.5, 0.6) is 0 Å². The highest BCUT2D eigenvalue weighted by Gasteiger charge is 2.11. The zero-order chi connectivity index (χ0) is 16.2. The van der Waals surface area contributed by atoms with Gasteiger partial charge < -0.3 is 15.1 Å². The first-order chi connectivity index (χ1) is 11.1. The van der Waals surface area contributed by atoms with Crippen LogP contribution in [-0.2, 0) is 11.3 Å². The molecule has 0 radical (unpaired) electrons. The van der Waals surface area contributed by atoms with Crippen molar-refractivity contribution in [3.05, 3.63) is 64.5 Å². The van der Waals surface area contributed by atoms with Gasteiger partial charge in [0.15, 0.2) is 0 Å². The molecule has 0 fully saturated rings. The summed E-state index contributed by atoms with van der Waals surface area (Å²) in [7, 11) is 0. The third kappa shape index (κ3) is 3.37. The molecule has 2 aromatic carbocycles. The fourth-order valence-corrected chi connectivity index (χ4v) is 2.26. The Labute approximate surface area is 132 Å². The van der Waals surface area contributed by atoms with Crippen molar-refractivity contribution in [2.24, 2.45) is 0 Å². The molecule has 0 saturated heterocycles. The number of rotatable bonds is 4. The van der Waals surface area contributed by atoms with E-state index in [4.69, 9.17) is 4.42 Å². The fraction of sp³-hybridized carbons (Fsp3) is 0.118. The summed E-state index contributed by atoms with van der Waals surface area (Å²) >= 11 is 0. The highest BCUT2D eigenvalue weighted by molar-refractivity contribution is 5.99. The summed E-state index contributed by atoms with van der Waals surface area (Å²) in [6.45, 7) is 1.87. The number of nitrogens with zero attached hydrogens (tertiary/aromatic N) is 1. The Morgan fingerprint density at radius 2 is 1.91 bits per heavy atom. The van der Waals surface area contributed by atoms with Crippen LogP contribution in [-0.4, -0.2) is 10.9 Å². The first kappa shape index (κ1) is 14.8. The molecule has 0 bridgehead atoms. The molecule has 23 heavy (non-hydrogen) atoms. The van der Waals surface area contributed by atoms with Crippen LogP contribution in [0, 0.1) is 0 Å². The minimum atomic E-state index is -0.546. The van der Waals surface area contributed by atoms with Gasteiger partial charge in [0.25, 0.3) is 6.01 Å². The number of fused-ring (bicyclic) bond motifs is 1. The molecule has 0 saturated carbocycles. The lowest BCUT2D eigenvalue weighted by Gasteiger charge is -2.08. The zero-order valence-electron chi connectivity index (χ0n) is 12.5. The average molecular weight is 309 g/mol. The topological polar surface area (TPSA) is 84.2 Å². The predicted octanol–water partition coefficient (Wildman–Crippen LogP) is 2.76. The van der Waals surface area contributed by atoms with E-state index in [1.54, 1.807) is 18.2 Å². The van der Waals surface area contributed by atoms with Gasteiger partial charge in [-0.2, -0.15) is 4.98 Å². The van der Waals surface area contributed by atoms with E-state index in [9.17, 15) is 9.59 Å². The lowest BCUT2D eigenvalue weighted by Crippen LogP contribution is -2.12. The largest absolute Gasteiger partial charge is 0.389 e. The number of carbonyl (C=O) groups is 1. The van der Waals surface area contributed by atoms with E-state index in [1.807, 2.05) is 30.3 Å². The van der Waals surface area contributed by atoms with Gasteiger partial charge in [0, 0.05) is 13.5 Å². The van der Waals surface area contributed by atoms with Crippen molar-refractivity contribution < 1.29 is 9.21 Å². The van der Waals surface area contributed by atoms with E-state index >= 15 is 0 Å². The van der Waals surface area contributed by atoms with Crippen molar-refractivity contribution >= 4 is 28.5 Å². The molecule has 0 unspecified atom stereocenters. The van der Waals surface area contributed by atoms with Crippen LogP contribution in [0.4, 0.5) is 11.7 Å². The van der Waals surface area contributed by atoms with Crippen LogP contribution in [0.1, 0.15) is 12.5 Å². The SMILES string of the molecule is CC(=O)Nc1cccc2nc(NCc3ccccc3)oc(=O)c12. The summed E-state index contributed by atoms with van der Waals surface area (Å²) < 4.78 is 5.21. The zero-order valence-corrected chi connectivity index (χ0v) is 12.5. The molecule has 3 aromatic rings. The summed E-state index contributed by atoms with van der Waals surface area (Å²) in [5.41, 5.74) is 1.35. The standard InChI is InChI=1S/C17H15N3O3/c1-11(21)19-13-8-5-9-14-15(13)16(22)23-17(20-14)18-10-12-6-3-2-4-7-12/h2-9H,10H2,1H3,(H,18,20)(H,19,21). The van der Waals surface area contributed by atoms with Crippen molar-refractivity contribution in [3.63, 3.8) is 0 Å². The Balaban J connectivity index is 1.92. The molecule has 1 amide bonds. The van der Waals surface area contributed by atoms with Gasteiger partial charge in [-0.15, -0.1) is 0 Å². The Morgan fingerprint density at radius 3 is 2.65 bits per heavy atom. The van der Waals surface area contributed by atoms with E-state index in [0.29, 0.717) is 17.7 Å². The molecule has 1 aromatic heterocycles. The molecule has 6 heteroatoms. The Hall–Kier alpha value is -3.15. The highest BCUT2D eigenvalue weighted by atomic mass is 16.4. The lowest BCUT2D eigenvalue weighted by atomic mass is 10.2. The van der Waals surface area contributed by atoms with Gasteiger partial charge in [0.2, 0.25) is 5.91 Å². The van der Waals surface area contributed by atoms with Gasteiger partial charge in [-0.05, 0) is 17.7 Å². The Morgan fingerprint density at radius 1 is 1.13 bits per heavy atom. The molecule has 0 aliphatic carbocycles. The van der Waals surface area contributed by atoms with Crippen LogP contribution in [0.3, 0.4) is 0 Å². The normalized spacial score (nSPS) is 10.5. The average Bonchev–Trinajstić information content (AvgIpc) is 2.53. The molecule has 2 N–H and O–H groups in total. The van der Waals surface area contributed by atoms with E-state index in [1.165, 1.54) is 6.92 Å². The maximum Gasteiger partial charge on any atom is 0.350 e. The maximum absolute atomic E-state index is 12.2. The van der Waals surface area contributed by atoms with E-state index in [2.05, 4.69) is 15.6 Å². The van der Waals surface area contributed by atoms with Crippen LogP contribution in [0.2, 0.25) is 0 Å². The number of hydrogen-bond acceptors (Lipinski definition) is 5. The van der Waals surface area contributed by atoms with Gasteiger partial charge in [0.05, 0.1) is 11.2 Å². The predicted molar refractivity (Wildman–Crippen MR) is 88.4 cm³/mol. The number of aromatic nitrogens is 1. The second-order valence-electron chi connectivity index (χ2n) is 5.03. The second-order valence-corrected chi connectivity index (χ2v) is 5.03. The van der Waals surface area contributed by atoms with E-state index < -0.39 is 5.63 Å². The summed E-state index contributed by atoms with van der Waals surface area (Å²) in [4.78, 5) is 27.7. The summed E-state index contributed by atoms with van der Waals surface area (Å²) in [5.74, 6) is -0.261. The third-order valence-corrected chi connectivity index (χ3v) is 3.26. The molecule has 1 heterocycles. The van der Waals surface area contributed by atoms with Crippen LogP contribution >= 0.6 is 0 Å². The van der Waals surface area contributed by atoms with Gasteiger partial charge in [-0.25, -0.2) is 4.79 Å². The molecule has 0 aliphatic heterocycles. The van der Waals surface area contributed by atoms with E-state index in [-0.39, 0.29) is 17.3 Å². The van der Waals surface area contributed by atoms with Crippen molar-refractivity contribution in [2.75, 3.05) is 10.6 Å². The molecular formula is C17H15N3O3. The van der Waals surface area contributed by atoms with Crippen molar-refractivity contribution in [2.45, 2.75) is 13.5 Å². The molecule has 0 aliphatic rings. The number of carbonyl (C=O) groups excluding carboxylic acids is 1. The van der Waals surface area contributed by atoms with Gasteiger partial charge >= 0.3 is 5.63 Å². The summed E-state index contributed by atoms with van der Waals surface area (Å²) in [5, 5.41) is 5.85. The number of anilines is 2. The third-order valence-electron chi connectivity index (χ3n) is 3.26. The fourth-order valence-electron chi connectivity index (χ4n) is 2.26. The first-order valence-electron chi connectivity index (χ1n) is 7.13. The number of nitrogens with one attached hydrogen (secondary N) is 2. The molecule has 0 spiro atoms. The van der Waals surface area contributed by atoms with Crippen LogP contribution in [0.15, 0.2) is 57.7 Å². The second kappa shape index (κ2) is 6.31. The van der Waals surface area contributed by atoms with Gasteiger partial charge in [-0.3, -0.25) is 4.79 Å². The minimum absolute atomic E-state index is 0.145. The molecular weight excluding hydrogens is 294 g/mol. The molecule has 116 valence electrons. The van der Waals surface area contributed by atoms with Crippen molar-refractivity contribution in [1.29, 1.82) is 0 Å². The molecule has 3 rings (SSSR count). The lowest BCUT2D eigenvalue weighted by molar-refractivity contribution is -0.114. The van der Waals surface area contributed by atoms with Crippen LogP contribution in [0.25, 0.3) is 10.9 Å². The maximum atomic E-state index is 12.2. The smallest absolute Gasteiger partial charge is 0.350 e. The van der Waals surface area contributed by atoms with Crippen LogP contribution < -0.4 is 16.3 Å². The van der Waals surface area contributed by atoms with Gasteiger partial charge in [-0.1, -0.05) is 36.4 Å². The number of benzene rings is 2. The minimum Gasteiger partial charge on any atom is -0.389 e. The summed E-state index contributed by atoms with van der Waals surface area (Å²) in [6, 6.07) is 14.9. The van der Waals surface area contributed by atoms with E-state index in [0.717, 1.165) is 5.56 Å². The Kier molecular flexibility index (Phi) is 4.05. The first-order valence-corrected chi connectivity index (χ1v) is 7.13. The number of hydrogen-bond donors (Lipinski definition) is 2. The van der Waals surface area contributed by atoms with Gasteiger partial charge in [0.1, 0.15) is 5.39 Å².